The van der Waals surface area contributed by atoms with Crippen molar-refractivity contribution in [2.75, 3.05) is 11.1 Å². The molecule has 2 N–H and O–H groups in total. The van der Waals surface area contributed by atoms with Crippen LogP contribution in [0, 0.1) is 0 Å². The molecule has 0 spiro atoms. The van der Waals surface area contributed by atoms with Gasteiger partial charge in [-0.2, -0.15) is 0 Å². The number of carbonyl (C=O) groups excluding carboxylic acids is 1. The van der Waals surface area contributed by atoms with Crippen molar-refractivity contribution >= 4 is 28.5 Å². The minimum atomic E-state index is -0.426. The van der Waals surface area contributed by atoms with Crippen LogP contribution in [-0.2, 0) is 11.2 Å². The Labute approximate surface area is 157 Å². The second kappa shape index (κ2) is 7.03. The van der Waals surface area contributed by atoms with E-state index in [1.54, 1.807) is 11.8 Å². The Morgan fingerprint density at radius 1 is 1.12 bits per heavy atom. The lowest BCUT2D eigenvalue weighted by atomic mass is 9.97. The van der Waals surface area contributed by atoms with Crippen molar-refractivity contribution < 1.29 is 4.79 Å². The Bertz CT molecular complexity index is 849. The van der Waals surface area contributed by atoms with Crippen LogP contribution in [-0.4, -0.2) is 21.8 Å². The molecule has 0 radical (unpaired) electrons. The molecule has 1 amide bonds. The fraction of sp³-hybridized carbons (Fsp3) is 0.300. The van der Waals surface area contributed by atoms with Gasteiger partial charge >= 0.3 is 0 Å². The van der Waals surface area contributed by atoms with E-state index in [9.17, 15) is 4.79 Å². The summed E-state index contributed by atoms with van der Waals surface area (Å²) in [7, 11) is 0. The van der Waals surface area contributed by atoms with Crippen molar-refractivity contribution in [3.8, 4) is 0 Å². The molecular formula is C20H22N4OS. The van der Waals surface area contributed by atoms with Gasteiger partial charge in [-0.15, -0.1) is 5.10 Å². The molecule has 2 aliphatic heterocycles. The standard InChI is InChI=1S/C20H22N4OS/c1-3-13-9-11-14(12-10-13)18-21-16-8-6-5-7-15(16)17-19(25)22-20(26-4-2)23-24(17)18/h5-12,17-18,21H,3-4H2,1-2H3,(H,22,23,25)/t17-,18+/m0/s1. The molecule has 0 aliphatic carbocycles. The summed E-state index contributed by atoms with van der Waals surface area (Å²) in [6, 6.07) is 16.1. The fourth-order valence-corrected chi connectivity index (χ4v) is 4.02. The fourth-order valence-electron chi connectivity index (χ4n) is 3.43. The molecule has 0 saturated carbocycles. The third-order valence-corrected chi connectivity index (χ3v) is 5.49. The first-order chi connectivity index (χ1) is 12.7. The van der Waals surface area contributed by atoms with Crippen molar-refractivity contribution in [1.29, 1.82) is 0 Å². The van der Waals surface area contributed by atoms with E-state index in [2.05, 4.69) is 48.7 Å². The summed E-state index contributed by atoms with van der Waals surface area (Å²) < 4.78 is 0. The van der Waals surface area contributed by atoms with Crippen molar-refractivity contribution in [3.05, 3.63) is 65.2 Å². The molecule has 2 atom stereocenters. The van der Waals surface area contributed by atoms with Gasteiger partial charge in [0.2, 0.25) is 0 Å². The molecule has 2 aliphatic rings. The summed E-state index contributed by atoms with van der Waals surface area (Å²) in [5.41, 5.74) is 4.33. The molecule has 2 aromatic rings. The topological polar surface area (TPSA) is 56.7 Å². The average Bonchev–Trinajstić information content (AvgIpc) is 2.67. The number of aryl methyl sites for hydroxylation is 1. The van der Waals surface area contributed by atoms with Gasteiger partial charge < -0.3 is 10.6 Å². The highest BCUT2D eigenvalue weighted by molar-refractivity contribution is 8.13. The number of amides is 1. The van der Waals surface area contributed by atoms with Gasteiger partial charge in [0.05, 0.1) is 0 Å². The third-order valence-electron chi connectivity index (χ3n) is 4.75. The van der Waals surface area contributed by atoms with Gasteiger partial charge in [-0.05, 0) is 29.4 Å². The highest BCUT2D eigenvalue weighted by Crippen LogP contribution is 2.42. The van der Waals surface area contributed by atoms with Gasteiger partial charge in [-0.1, -0.05) is 68.1 Å². The van der Waals surface area contributed by atoms with Crippen molar-refractivity contribution in [2.24, 2.45) is 5.10 Å². The summed E-state index contributed by atoms with van der Waals surface area (Å²) in [6.07, 6.45) is 0.824. The van der Waals surface area contributed by atoms with Gasteiger partial charge in [0.1, 0.15) is 6.17 Å². The van der Waals surface area contributed by atoms with E-state index < -0.39 is 6.04 Å². The number of amidine groups is 1. The summed E-state index contributed by atoms with van der Waals surface area (Å²) in [4.78, 5) is 12.9. The smallest absolute Gasteiger partial charge is 0.255 e. The van der Waals surface area contributed by atoms with Crippen LogP contribution in [0.25, 0.3) is 0 Å². The maximum Gasteiger partial charge on any atom is 0.255 e. The predicted molar refractivity (Wildman–Crippen MR) is 107 cm³/mol. The SMILES string of the molecule is CCSC1=NN2[C@H](C(=O)N1)c1ccccc1N[C@H]2c1ccc(CC)cc1. The minimum absolute atomic E-state index is 0.0277. The molecule has 2 heterocycles. The molecule has 5 nitrogen and oxygen atoms in total. The van der Waals surface area contributed by atoms with Gasteiger partial charge in [0.25, 0.3) is 5.91 Å². The molecule has 0 fully saturated rings. The van der Waals surface area contributed by atoms with Gasteiger partial charge in [0.15, 0.2) is 11.2 Å². The number of nitrogens with one attached hydrogen (secondary N) is 2. The molecule has 134 valence electrons. The first-order valence-corrected chi connectivity index (χ1v) is 9.94. The minimum Gasteiger partial charge on any atom is -0.360 e. The first kappa shape index (κ1) is 17.0. The predicted octanol–water partition coefficient (Wildman–Crippen LogP) is 3.87. The molecule has 0 saturated heterocycles. The quantitative estimate of drug-likeness (QED) is 0.866. The van der Waals surface area contributed by atoms with Crippen LogP contribution >= 0.6 is 11.8 Å². The summed E-state index contributed by atoms with van der Waals surface area (Å²) in [5, 5.41) is 13.8. The van der Waals surface area contributed by atoms with Crippen LogP contribution in [0.5, 0.6) is 0 Å². The normalized spacial score (nSPS) is 21.2. The van der Waals surface area contributed by atoms with E-state index in [4.69, 9.17) is 5.10 Å². The Kier molecular flexibility index (Phi) is 4.59. The first-order valence-electron chi connectivity index (χ1n) is 8.96. The number of carbonyl (C=O) groups is 1. The van der Waals surface area contributed by atoms with Crippen LogP contribution in [0.3, 0.4) is 0 Å². The Hall–Kier alpha value is -2.47. The van der Waals surface area contributed by atoms with Crippen LogP contribution in [0.15, 0.2) is 53.6 Å². The number of nitrogens with zero attached hydrogens (tertiary/aromatic N) is 2. The lowest BCUT2D eigenvalue weighted by Crippen LogP contribution is -2.50. The Balaban J connectivity index is 1.80. The molecule has 4 rings (SSSR count). The number of anilines is 1. The summed E-state index contributed by atoms with van der Waals surface area (Å²) >= 11 is 1.54. The second-order valence-electron chi connectivity index (χ2n) is 6.34. The zero-order valence-electron chi connectivity index (χ0n) is 14.9. The van der Waals surface area contributed by atoms with Crippen LogP contribution in [0.2, 0.25) is 0 Å². The molecule has 0 bridgehead atoms. The van der Waals surface area contributed by atoms with Gasteiger partial charge in [-0.25, -0.2) is 0 Å². The van der Waals surface area contributed by atoms with Crippen LogP contribution < -0.4 is 10.6 Å². The zero-order valence-corrected chi connectivity index (χ0v) is 15.7. The molecular weight excluding hydrogens is 344 g/mol. The maximum absolute atomic E-state index is 12.9. The Morgan fingerprint density at radius 3 is 2.62 bits per heavy atom. The van der Waals surface area contributed by atoms with Crippen molar-refractivity contribution in [2.45, 2.75) is 32.5 Å². The highest BCUT2D eigenvalue weighted by atomic mass is 32.2. The van der Waals surface area contributed by atoms with E-state index >= 15 is 0 Å². The number of thioether (sulfide) groups is 1. The summed E-state index contributed by atoms with van der Waals surface area (Å²) in [6.45, 7) is 4.20. The second-order valence-corrected chi connectivity index (χ2v) is 7.59. The number of hydrogen-bond acceptors (Lipinski definition) is 5. The highest BCUT2D eigenvalue weighted by Gasteiger charge is 2.41. The number of para-hydroxylation sites is 1. The van der Waals surface area contributed by atoms with Crippen LogP contribution in [0.4, 0.5) is 5.69 Å². The molecule has 26 heavy (non-hydrogen) atoms. The lowest BCUT2D eigenvalue weighted by Gasteiger charge is -2.43. The van der Waals surface area contributed by atoms with E-state index in [1.165, 1.54) is 5.56 Å². The largest absolute Gasteiger partial charge is 0.360 e. The van der Waals surface area contributed by atoms with Crippen molar-refractivity contribution in [1.82, 2.24) is 10.3 Å². The Morgan fingerprint density at radius 2 is 1.88 bits per heavy atom. The van der Waals surface area contributed by atoms with Crippen LogP contribution in [0.1, 0.15) is 42.7 Å². The maximum atomic E-state index is 12.9. The lowest BCUT2D eigenvalue weighted by molar-refractivity contribution is -0.127. The zero-order chi connectivity index (χ0) is 18.1. The van der Waals surface area contributed by atoms with E-state index in [1.807, 2.05) is 29.3 Å². The van der Waals surface area contributed by atoms with Gasteiger partial charge in [-0.3, -0.25) is 9.80 Å². The number of rotatable bonds is 3. The van der Waals surface area contributed by atoms with E-state index in [0.29, 0.717) is 5.17 Å². The van der Waals surface area contributed by atoms with E-state index in [-0.39, 0.29) is 12.1 Å². The molecule has 0 unspecified atom stereocenters. The van der Waals surface area contributed by atoms with Gasteiger partial charge in [0, 0.05) is 11.3 Å². The monoisotopic (exact) mass is 366 g/mol. The molecule has 0 aromatic heterocycles. The van der Waals surface area contributed by atoms with Crippen molar-refractivity contribution in [3.63, 3.8) is 0 Å². The average molecular weight is 366 g/mol. The molecule has 2 aromatic carbocycles. The molecule has 6 heteroatoms. The summed E-state index contributed by atoms with van der Waals surface area (Å²) in [5.74, 6) is 0.831. The number of benzene rings is 2. The number of hydrogen-bond donors (Lipinski definition) is 2. The van der Waals surface area contributed by atoms with E-state index in [0.717, 1.165) is 29.0 Å². The number of fused-ring (bicyclic) bond motifs is 3. The number of hydrazone groups is 1. The third kappa shape index (κ3) is 2.94.